The van der Waals surface area contributed by atoms with Crippen molar-refractivity contribution in [1.29, 1.82) is 0 Å². The van der Waals surface area contributed by atoms with Crippen molar-refractivity contribution in [3.63, 3.8) is 0 Å². The SMILES string of the molecule is O=S1(=O)CC2N=C(Nc3nc4ccccc4nc3NC3=NC4CS(=O)(=O)CC4S3)SC2C1. The van der Waals surface area contributed by atoms with Gasteiger partial charge >= 0.3 is 0 Å². The van der Waals surface area contributed by atoms with E-state index >= 15 is 0 Å². The average molecular weight is 511 g/mol. The zero-order valence-electron chi connectivity index (χ0n) is 16.5. The lowest BCUT2D eigenvalue weighted by Gasteiger charge is -2.13. The van der Waals surface area contributed by atoms with Crippen LogP contribution in [0.5, 0.6) is 0 Å². The Morgan fingerprint density at radius 2 is 1.16 bits per heavy atom. The molecule has 4 aliphatic rings. The summed E-state index contributed by atoms with van der Waals surface area (Å²) >= 11 is 2.82. The van der Waals surface area contributed by atoms with Gasteiger partial charge in [0.05, 0.1) is 46.1 Å². The third-order valence-electron chi connectivity index (χ3n) is 5.66. The summed E-state index contributed by atoms with van der Waals surface area (Å²) in [5.41, 5.74) is 1.41. The van der Waals surface area contributed by atoms with Crippen LogP contribution in [0.2, 0.25) is 0 Å². The van der Waals surface area contributed by atoms with Gasteiger partial charge in [0.1, 0.15) is 0 Å². The second-order valence-electron chi connectivity index (χ2n) is 8.13. The van der Waals surface area contributed by atoms with Gasteiger partial charge in [-0.25, -0.2) is 26.8 Å². The number of thioether (sulfide) groups is 2. The number of benzene rings is 1. The van der Waals surface area contributed by atoms with Crippen LogP contribution in [-0.2, 0) is 19.7 Å². The zero-order valence-corrected chi connectivity index (χ0v) is 19.8. The van der Waals surface area contributed by atoms with Crippen LogP contribution in [0.4, 0.5) is 11.6 Å². The standard InChI is InChI=1S/C18H18N6O4S4/c25-31(26)5-11-13(7-31)29-17(21-11)23-15-16(20-10-4-2-1-3-9(10)19-15)24-18-22-12-6-32(27,28)8-14(12)30-18/h1-4,11-14H,5-8H2,(H,19,21,23)(H,20,22,24). The van der Waals surface area contributed by atoms with E-state index in [0.29, 0.717) is 33.0 Å². The van der Waals surface area contributed by atoms with Crippen molar-refractivity contribution >= 4 is 76.2 Å². The minimum atomic E-state index is -3.03. The first kappa shape index (κ1) is 20.7. The summed E-state index contributed by atoms with van der Waals surface area (Å²) in [6.07, 6.45) is 0. The average Bonchev–Trinajstić information content (AvgIpc) is 3.38. The molecule has 5 heterocycles. The van der Waals surface area contributed by atoms with Gasteiger partial charge in [-0.15, -0.1) is 0 Å². The first-order valence-corrected chi connectivity index (χ1v) is 15.3. The van der Waals surface area contributed by atoms with Gasteiger partial charge in [0, 0.05) is 10.5 Å². The molecule has 0 aliphatic carbocycles. The van der Waals surface area contributed by atoms with Gasteiger partial charge in [0.15, 0.2) is 41.6 Å². The first-order valence-electron chi connectivity index (χ1n) is 9.94. The molecular weight excluding hydrogens is 493 g/mol. The largest absolute Gasteiger partial charge is 0.317 e. The normalized spacial score (nSPS) is 31.8. The molecule has 2 fully saturated rings. The summed E-state index contributed by atoms with van der Waals surface area (Å²) in [6, 6.07) is 6.99. The molecule has 0 amide bonds. The fourth-order valence-corrected chi connectivity index (χ4v) is 11.5. The van der Waals surface area contributed by atoms with Gasteiger partial charge in [-0.2, -0.15) is 0 Å². The van der Waals surface area contributed by atoms with Gasteiger partial charge in [0.2, 0.25) is 0 Å². The Labute approximate surface area is 193 Å². The topological polar surface area (TPSA) is 143 Å². The van der Waals surface area contributed by atoms with Crippen molar-refractivity contribution in [2.24, 2.45) is 9.98 Å². The van der Waals surface area contributed by atoms with E-state index in [1.165, 1.54) is 23.5 Å². The highest BCUT2D eigenvalue weighted by Crippen LogP contribution is 2.37. The van der Waals surface area contributed by atoms with Gasteiger partial charge in [-0.1, -0.05) is 35.7 Å². The number of amidine groups is 2. The molecule has 6 rings (SSSR count). The van der Waals surface area contributed by atoms with E-state index in [9.17, 15) is 16.8 Å². The van der Waals surface area contributed by atoms with Crippen LogP contribution in [0.15, 0.2) is 34.3 Å². The summed E-state index contributed by atoms with van der Waals surface area (Å²) in [7, 11) is -6.06. The number of aromatic nitrogens is 2. The highest BCUT2D eigenvalue weighted by atomic mass is 32.2. The molecule has 4 aliphatic heterocycles. The van der Waals surface area contributed by atoms with E-state index in [4.69, 9.17) is 0 Å². The predicted molar refractivity (Wildman–Crippen MR) is 129 cm³/mol. The summed E-state index contributed by atoms with van der Waals surface area (Å²) in [5, 5.41) is 7.51. The van der Waals surface area contributed by atoms with E-state index in [1.54, 1.807) is 0 Å². The lowest BCUT2D eigenvalue weighted by Crippen LogP contribution is -2.17. The highest BCUT2D eigenvalue weighted by molar-refractivity contribution is 8.16. The van der Waals surface area contributed by atoms with Crippen LogP contribution in [0.1, 0.15) is 0 Å². The summed E-state index contributed by atoms with van der Waals surface area (Å²) in [5.74, 6) is 1.33. The fraction of sp³-hybridized carbons (Fsp3) is 0.444. The van der Waals surface area contributed by atoms with Crippen LogP contribution in [0, 0.1) is 0 Å². The Morgan fingerprint density at radius 3 is 1.56 bits per heavy atom. The van der Waals surface area contributed by atoms with Gasteiger partial charge < -0.3 is 10.6 Å². The van der Waals surface area contributed by atoms with Crippen LogP contribution in [0.25, 0.3) is 11.0 Å². The number of rotatable bonds is 2. The van der Waals surface area contributed by atoms with Crippen molar-refractivity contribution < 1.29 is 16.8 Å². The number of hydrogen-bond acceptors (Lipinski definition) is 12. The summed E-state index contributed by atoms with van der Waals surface area (Å²) in [6.45, 7) is 0. The minimum absolute atomic E-state index is 0.0729. The van der Waals surface area contributed by atoms with E-state index < -0.39 is 19.7 Å². The second kappa shape index (κ2) is 7.30. The predicted octanol–water partition coefficient (Wildman–Crippen LogP) is 0.990. The quantitative estimate of drug-likeness (QED) is 0.600. The Balaban J connectivity index is 1.29. The molecule has 0 spiro atoms. The van der Waals surface area contributed by atoms with E-state index in [0.717, 1.165) is 0 Å². The summed E-state index contributed by atoms with van der Waals surface area (Å²) < 4.78 is 47.3. The maximum absolute atomic E-state index is 11.8. The third-order valence-corrected chi connectivity index (χ3v) is 11.9. The molecule has 168 valence electrons. The fourth-order valence-electron chi connectivity index (χ4n) is 4.21. The maximum atomic E-state index is 11.8. The van der Waals surface area contributed by atoms with Gasteiger partial charge in [0.25, 0.3) is 0 Å². The molecule has 0 bridgehead atoms. The van der Waals surface area contributed by atoms with Crippen molar-refractivity contribution in [2.45, 2.75) is 22.6 Å². The molecule has 4 atom stereocenters. The van der Waals surface area contributed by atoms with Crippen LogP contribution < -0.4 is 10.6 Å². The second-order valence-corrected chi connectivity index (χ2v) is 14.9. The van der Waals surface area contributed by atoms with Gasteiger partial charge in [-0.05, 0) is 12.1 Å². The van der Waals surface area contributed by atoms with E-state index in [2.05, 4.69) is 30.6 Å². The maximum Gasteiger partial charge on any atom is 0.176 e. The molecule has 0 saturated carbocycles. The molecule has 4 unspecified atom stereocenters. The molecule has 14 heteroatoms. The first-order chi connectivity index (χ1) is 15.2. The number of hydrogen-bond donors (Lipinski definition) is 2. The molecule has 2 saturated heterocycles. The molecule has 1 aromatic heterocycles. The van der Waals surface area contributed by atoms with E-state index in [-0.39, 0.29) is 45.6 Å². The van der Waals surface area contributed by atoms with Crippen LogP contribution in [-0.4, -0.2) is 82.7 Å². The summed E-state index contributed by atoms with van der Waals surface area (Å²) in [4.78, 5) is 18.5. The number of nitrogens with one attached hydrogen (secondary N) is 2. The number of fused-ring (bicyclic) bond motifs is 3. The number of nitrogens with zero attached hydrogens (tertiary/aromatic N) is 4. The van der Waals surface area contributed by atoms with Crippen molar-refractivity contribution in [3.8, 4) is 0 Å². The number of para-hydroxylation sites is 2. The van der Waals surface area contributed by atoms with Gasteiger partial charge in [-0.3, -0.25) is 9.98 Å². The van der Waals surface area contributed by atoms with Crippen molar-refractivity contribution in [1.82, 2.24) is 9.97 Å². The molecule has 2 aromatic rings. The lowest BCUT2D eigenvalue weighted by molar-refractivity contribution is 0.599. The minimum Gasteiger partial charge on any atom is -0.317 e. The highest BCUT2D eigenvalue weighted by Gasteiger charge is 2.44. The Bertz CT molecular complexity index is 1300. The smallest absolute Gasteiger partial charge is 0.176 e. The Morgan fingerprint density at radius 1 is 0.719 bits per heavy atom. The lowest BCUT2D eigenvalue weighted by atomic mass is 10.3. The Kier molecular flexibility index (Phi) is 4.72. The molecule has 32 heavy (non-hydrogen) atoms. The molecule has 10 nitrogen and oxygen atoms in total. The monoisotopic (exact) mass is 510 g/mol. The van der Waals surface area contributed by atoms with Crippen LogP contribution >= 0.6 is 23.5 Å². The third kappa shape index (κ3) is 3.86. The molecular formula is C18H18N6O4S4. The number of anilines is 2. The van der Waals surface area contributed by atoms with Crippen molar-refractivity contribution in [2.75, 3.05) is 33.6 Å². The Hall–Kier alpha value is -1.90. The van der Waals surface area contributed by atoms with Crippen LogP contribution in [0.3, 0.4) is 0 Å². The van der Waals surface area contributed by atoms with E-state index in [1.807, 2.05) is 24.3 Å². The van der Waals surface area contributed by atoms with Crippen molar-refractivity contribution in [3.05, 3.63) is 24.3 Å². The molecule has 1 aromatic carbocycles. The number of sulfone groups is 2. The molecule has 0 radical (unpaired) electrons. The zero-order chi connectivity index (χ0) is 22.1. The molecule has 2 N–H and O–H groups in total. The number of aliphatic imine (C=N–C) groups is 2.